The molecule has 1 aliphatic heterocycles. The first kappa shape index (κ1) is 11.2. The van der Waals surface area contributed by atoms with Crippen LogP contribution in [0.3, 0.4) is 0 Å². The van der Waals surface area contributed by atoms with Crippen molar-refractivity contribution in [3.8, 4) is 0 Å². The number of nitrogens with zero attached hydrogens (tertiary/aromatic N) is 1. The molecule has 82 valence electrons. The molecule has 1 rings (SSSR count). The number of piperazine rings is 1. The second-order valence-corrected chi connectivity index (χ2v) is 3.14. The number of hydrogen-bond acceptors (Lipinski definition) is 3. The summed E-state index contributed by atoms with van der Waals surface area (Å²) in [5.41, 5.74) is 0. The number of nitrogens with one attached hydrogen (secondary N) is 1. The van der Waals surface area contributed by atoms with E-state index in [-0.39, 0.29) is 6.42 Å². The maximum atomic E-state index is 11.4. The van der Waals surface area contributed by atoms with Gasteiger partial charge in [-0.3, -0.25) is 14.4 Å². The lowest BCUT2D eigenvalue weighted by atomic mass is 10.1. The van der Waals surface area contributed by atoms with E-state index in [1.807, 2.05) is 0 Å². The quantitative estimate of drug-likeness (QED) is 0.586. The summed E-state index contributed by atoms with van der Waals surface area (Å²) in [5.74, 6) is -1.96. The fraction of sp³-hybridized carbons (Fsp3) is 0.444. The van der Waals surface area contributed by atoms with Gasteiger partial charge in [-0.15, -0.1) is 0 Å². The maximum absolute atomic E-state index is 11.4. The molecule has 15 heavy (non-hydrogen) atoms. The minimum atomic E-state index is -1.11. The number of rotatable bonds is 3. The van der Waals surface area contributed by atoms with Crippen LogP contribution in [0.1, 0.15) is 6.42 Å². The number of amides is 2. The summed E-state index contributed by atoms with van der Waals surface area (Å²) >= 11 is 0. The van der Waals surface area contributed by atoms with Crippen molar-refractivity contribution in [2.45, 2.75) is 12.5 Å². The molecule has 6 heteroatoms. The molecule has 1 saturated heterocycles. The molecule has 0 spiro atoms. The number of carboxylic acids is 1. The van der Waals surface area contributed by atoms with Crippen LogP contribution < -0.4 is 5.32 Å². The molecule has 1 heterocycles. The summed E-state index contributed by atoms with van der Waals surface area (Å²) in [6.07, 6.45) is 0.693. The number of hydrogen-bond donors (Lipinski definition) is 2. The first-order valence-corrected chi connectivity index (χ1v) is 4.48. The van der Waals surface area contributed by atoms with Crippen molar-refractivity contribution in [2.75, 3.05) is 13.1 Å². The van der Waals surface area contributed by atoms with Gasteiger partial charge in [0.1, 0.15) is 6.04 Å². The SMILES string of the molecule is C=CC(=O)N1CCNC(=O)C1CC(=O)O. The third-order valence-corrected chi connectivity index (χ3v) is 2.16. The second kappa shape index (κ2) is 4.59. The summed E-state index contributed by atoms with van der Waals surface area (Å²) < 4.78 is 0. The minimum absolute atomic E-state index is 0.314. The number of carbonyl (C=O) groups excluding carboxylic acids is 2. The third-order valence-electron chi connectivity index (χ3n) is 2.16. The van der Waals surface area contributed by atoms with E-state index in [1.165, 1.54) is 4.90 Å². The molecular weight excluding hydrogens is 200 g/mol. The van der Waals surface area contributed by atoms with E-state index in [9.17, 15) is 14.4 Å². The lowest BCUT2D eigenvalue weighted by molar-refractivity contribution is -0.146. The van der Waals surface area contributed by atoms with Crippen LogP contribution >= 0.6 is 0 Å². The molecule has 0 aromatic carbocycles. The Morgan fingerprint density at radius 1 is 1.67 bits per heavy atom. The van der Waals surface area contributed by atoms with Crippen LogP contribution in [-0.4, -0.2) is 46.9 Å². The molecule has 0 aliphatic carbocycles. The highest BCUT2D eigenvalue weighted by Crippen LogP contribution is 2.09. The van der Waals surface area contributed by atoms with Crippen LogP contribution in [0.2, 0.25) is 0 Å². The topological polar surface area (TPSA) is 86.7 Å². The molecule has 0 aromatic rings. The van der Waals surface area contributed by atoms with Crippen LogP contribution in [-0.2, 0) is 14.4 Å². The lowest BCUT2D eigenvalue weighted by Gasteiger charge is -2.33. The van der Waals surface area contributed by atoms with Gasteiger partial charge in [0.05, 0.1) is 6.42 Å². The molecule has 2 amide bonds. The Bertz CT molecular complexity index is 313. The molecule has 2 N–H and O–H groups in total. The highest BCUT2D eigenvalue weighted by Gasteiger charge is 2.33. The minimum Gasteiger partial charge on any atom is -0.481 e. The van der Waals surface area contributed by atoms with Crippen molar-refractivity contribution in [3.05, 3.63) is 12.7 Å². The molecule has 0 aromatic heterocycles. The van der Waals surface area contributed by atoms with Gasteiger partial charge in [0.2, 0.25) is 11.8 Å². The Kier molecular flexibility index (Phi) is 3.43. The van der Waals surface area contributed by atoms with E-state index in [2.05, 4.69) is 11.9 Å². The molecular formula is C9H12N2O4. The van der Waals surface area contributed by atoms with Gasteiger partial charge in [-0.25, -0.2) is 0 Å². The van der Waals surface area contributed by atoms with E-state index in [0.29, 0.717) is 13.1 Å². The average molecular weight is 212 g/mol. The second-order valence-electron chi connectivity index (χ2n) is 3.14. The molecule has 1 unspecified atom stereocenters. The number of aliphatic carboxylic acids is 1. The summed E-state index contributed by atoms with van der Waals surface area (Å²) in [7, 11) is 0. The van der Waals surface area contributed by atoms with Gasteiger partial charge in [0.15, 0.2) is 0 Å². The van der Waals surface area contributed by atoms with E-state index < -0.39 is 23.8 Å². The van der Waals surface area contributed by atoms with Crippen LogP contribution in [0.15, 0.2) is 12.7 Å². The van der Waals surface area contributed by atoms with Crippen LogP contribution in [0.5, 0.6) is 0 Å². The molecule has 0 radical (unpaired) electrons. The highest BCUT2D eigenvalue weighted by atomic mass is 16.4. The van der Waals surface area contributed by atoms with Gasteiger partial charge in [0.25, 0.3) is 0 Å². The Balaban J connectivity index is 2.81. The molecule has 0 bridgehead atoms. The summed E-state index contributed by atoms with van der Waals surface area (Å²) in [5, 5.41) is 11.1. The Morgan fingerprint density at radius 3 is 2.87 bits per heavy atom. The fourth-order valence-corrected chi connectivity index (χ4v) is 1.46. The standard InChI is InChI=1S/C9H12N2O4/c1-2-7(12)11-4-3-10-9(15)6(11)5-8(13)14/h2,6H,1,3-5H2,(H,10,15)(H,13,14). The van der Waals surface area contributed by atoms with Crippen molar-refractivity contribution >= 4 is 17.8 Å². The summed E-state index contributed by atoms with van der Waals surface area (Å²) in [6.45, 7) is 3.96. The zero-order valence-electron chi connectivity index (χ0n) is 8.10. The highest BCUT2D eigenvalue weighted by molar-refractivity contribution is 5.95. The van der Waals surface area contributed by atoms with Crippen molar-refractivity contribution in [3.63, 3.8) is 0 Å². The van der Waals surface area contributed by atoms with Crippen molar-refractivity contribution in [1.29, 1.82) is 0 Å². The number of carboxylic acid groups (broad SMARTS) is 1. The van der Waals surface area contributed by atoms with E-state index >= 15 is 0 Å². The smallest absolute Gasteiger partial charge is 0.305 e. The zero-order chi connectivity index (χ0) is 11.4. The van der Waals surface area contributed by atoms with Gasteiger partial charge in [0, 0.05) is 13.1 Å². The number of carbonyl (C=O) groups is 3. The zero-order valence-corrected chi connectivity index (χ0v) is 8.10. The Labute approximate surface area is 86.6 Å². The molecule has 6 nitrogen and oxygen atoms in total. The van der Waals surface area contributed by atoms with Gasteiger partial charge < -0.3 is 15.3 Å². The van der Waals surface area contributed by atoms with E-state index in [4.69, 9.17) is 5.11 Å². The van der Waals surface area contributed by atoms with Crippen molar-refractivity contribution in [2.24, 2.45) is 0 Å². The van der Waals surface area contributed by atoms with Crippen LogP contribution in [0.25, 0.3) is 0 Å². The average Bonchev–Trinajstić information content (AvgIpc) is 2.19. The maximum Gasteiger partial charge on any atom is 0.305 e. The molecule has 1 aliphatic rings. The lowest BCUT2D eigenvalue weighted by Crippen LogP contribution is -2.57. The monoisotopic (exact) mass is 212 g/mol. The normalized spacial score (nSPS) is 20.7. The Hall–Kier alpha value is -1.85. The predicted octanol–water partition coefficient (Wildman–Crippen LogP) is -1.03. The third kappa shape index (κ3) is 2.55. The largest absolute Gasteiger partial charge is 0.481 e. The van der Waals surface area contributed by atoms with E-state index in [0.717, 1.165) is 6.08 Å². The predicted molar refractivity (Wildman–Crippen MR) is 51.0 cm³/mol. The van der Waals surface area contributed by atoms with E-state index in [1.54, 1.807) is 0 Å². The molecule has 0 saturated carbocycles. The van der Waals surface area contributed by atoms with Gasteiger partial charge in [-0.2, -0.15) is 0 Å². The van der Waals surface area contributed by atoms with Crippen LogP contribution in [0.4, 0.5) is 0 Å². The summed E-state index contributed by atoms with van der Waals surface area (Å²) in [4.78, 5) is 34.4. The summed E-state index contributed by atoms with van der Waals surface area (Å²) in [6, 6.07) is -0.929. The van der Waals surface area contributed by atoms with Crippen molar-refractivity contribution in [1.82, 2.24) is 10.2 Å². The first-order chi connectivity index (χ1) is 7.06. The van der Waals surface area contributed by atoms with Gasteiger partial charge >= 0.3 is 5.97 Å². The fourth-order valence-electron chi connectivity index (χ4n) is 1.46. The first-order valence-electron chi connectivity index (χ1n) is 4.48. The van der Waals surface area contributed by atoms with Crippen molar-refractivity contribution < 1.29 is 19.5 Å². The van der Waals surface area contributed by atoms with Gasteiger partial charge in [-0.1, -0.05) is 6.58 Å². The van der Waals surface area contributed by atoms with Crippen LogP contribution in [0, 0.1) is 0 Å². The molecule has 1 fully saturated rings. The van der Waals surface area contributed by atoms with Gasteiger partial charge in [-0.05, 0) is 6.08 Å². The molecule has 1 atom stereocenters. The Morgan fingerprint density at radius 2 is 2.33 bits per heavy atom.